The van der Waals surface area contributed by atoms with E-state index in [4.69, 9.17) is 4.98 Å². The second kappa shape index (κ2) is 9.56. The monoisotopic (exact) mass is 512 g/mol. The molecule has 6 rings (SSSR count). The van der Waals surface area contributed by atoms with Crippen LogP contribution in [0.3, 0.4) is 0 Å². The Hall–Kier alpha value is -2.69. The average Bonchev–Trinajstić information content (AvgIpc) is 2.86. The number of likely N-dealkylation sites (N-methyl/N-ethyl adjacent to an activating group) is 1. The second-order valence-electron chi connectivity index (χ2n) is 11.1. The summed E-state index contributed by atoms with van der Waals surface area (Å²) < 4.78 is 28.5. The SMILES string of the molecule is CN1CCN(Cc2ccc3c(c2)c(=O)n(C2CCC(O)CC2)c2nc(NC4CC(F)(F)C4)ncc32)CC1. The third-order valence-corrected chi connectivity index (χ3v) is 8.28. The molecular weight excluding hydrogens is 478 g/mol. The lowest BCUT2D eigenvalue weighted by molar-refractivity contribution is -0.0794. The first kappa shape index (κ1) is 24.6. The predicted octanol–water partition coefficient (Wildman–Crippen LogP) is 3.38. The number of hydrogen-bond donors (Lipinski definition) is 2. The van der Waals surface area contributed by atoms with Gasteiger partial charge < -0.3 is 15.3 Å². The summed E-state index contributed by atoms with van der Waals surface area (Å²) in [6.07, 6.45) is 3.51. The molecule has 0 unspecified atom stereocenters. The van der Waals surface area contributed by atoms with Crippen molar-refractivity contribution in [3.05, 3.63) is 40.3 Å². The van der Waals surface area contributed by atoms with Crippen LogP contribution in [0.1, 0.15) is 50.1 Å². The zero-order valence-electron chi connectivity index (χ0n) is 21.2. The van der Waals surface area contributed by atoms with E-state index >= 15 is 0 Å². The number of nitrogens with zero attached hydrogens (tertiary/aromatic N) is 5. The van der Waals surface area contributed by atoms with E-state index in [-0.39, 0.29) is 42.5 Å². The van der Waals surface area contributed by atoms with E-state index in [0.717, 1.165) is 49.1 Å². The number of aliphatic hydroxyl groups is 1. The normalized spacial score (nSPS) is 25.4. The van der Waals surface area contributed by atoms with Gasteiger partial charge in [-0.3, -0.25) is 14.3 Å². The van der Waals surface area contributed by atoms with E-state index in [1.807, 2.05) is 12.1 Å². The van der Waals surface area contributed by atoms with Crippen LogP contribution in [0.2, 0.25) is 0 Å². The highest BCUT2D eigenvalue weighted by Crippen LogP contribution is 2.39. The molecule has 0 bridgehead atoms. The maximum atomic E-state index is 14.0. The third-order valence-electron chi connectivity index (χ3n) is 8.28. The lowest BCUT2D eigenvalue weighted by Gasteiger charge is -2.35. The number of anilines is 1. The Balaban J connectivity index is 1.40. The molecule has 3 aliphatic rings. The second-order valence-corrected chi connectivity index (χ2v) is 11.1. The average molecular weight is 513 g/mol. The topological polar surface area (TPSA) is 86.5 Å². The van der Waals surface area contributed by atoms with Crippen LogP contribution in [0.15, 0.2) is 29.2 Å². The van der Waals surface area contributed by atoms with Gasteiger partial charge in [0.2, 0.25) is 5.95 Å². The molecule has 37 heavy (non-hydrogen) atoms. The number of alkyl halides is 2. The fourth-order valence-electron chi connectivity index (χ4n) is 6.01. The summed E-state index contributed by atoms with van der Waals surface area (Å²) in [6.45, 7) is 4.85. The van der Waals surface area contributed by atoms with Crippen LogP contribution in [0.25, 0.3) is 21.8 Å². The molecule has 3 fully saturated rings. The third kappa shape index (κ3) is 4.94. The number of benzene rings is 1. The Kier molecular flexibility index (Phi) is 6.37. The summed E-state index contributed by atoms with van der Waals surface area (Å²) in [5, 5.41) is 15.3. The lowest BCUT2D eigenvalue weighted by atomic mass is 9.88. The Labute approximate surface area is 214 Å². The van der Waals surface area contributed by atoms with Crippen LogP contribution < -0.4 is 10.9 Å². The van der Waals surface area contributed by atoms with Crippen molar-refractivity contribution in [2.45, 2.75) is 69.2 Å². The molecule has 0 amide bonds. The first-order chi connectivity index (χ1) is 17.8. The molecule has 1 aromatic carbocycles. The van der Waals surface area contributed by atoms with Gasteiger partial charge in [-0.15, -0.1) is 0 Å². The van der Waals surface area contributed by atoms with Gasteiger partial charge in [0.25, 0.3) is 11.5 Å². The van der Waals surface area contributed by atoms with E-state index in [0.29, 0.717) is 36.7 Å². The van der Waals surface area contributed by atoms with Crippen LogP contribution in [-0.2, 0) is 6.54 Å². The standard InChI is InChI=1S/C27H34F2N6O2/c1-33-8-10-34(11-9-33)16-17-2-7-21-22(12-17)25(37)35(19-3-5-20(36)6-4-19)24-23(21)15-30-26(32-24)31-18-13-27(28,29)14-18/h2,7,12,15,18-20,36H,3-6,8-11,13-14,16H2,1H3,(H,30,31,32). The Bertz CT molecular complexity index is 1350. The van der Waals surface area contributed by atoms with E-state index in [1.54, 1.807) is 10.8 Å². The number of hydrogen-bond acceptors (Lipinski definition) is 7. The highest BCUT2D eigenvalue weighted by atomic mass is 19.3. The van der Waals surface area contributed by atoms with Gasteiger partial charge in [-0.25, -0.2) is 13.8 Å². The molecular formula is C27H34F2N6O2. The van der Waals surface area contributed by atoms with E-state index < -0.39 is 5.92 Å². The van der Waals surface area contributed by atoms with Gasteiger partial charge in [0.05, 0.1) is 6.10 Å². The first-order valence-electron chi connectivity index (χ1n) is 13.3. The lowest BCUT2D eigenvalue weighted by Crippen LogP contribution is -2.44. The molecule has 1 aliphatic heterocycles. The van der Waals surface area contributed by atoms with E-state index in [9.17, 15) is 18.7 Å². The van der Waals surface area contributed by atoms with Gasteiger partial charge in [-0.1, -0.05) is 12.1 Å². The number of rotatable bonds is 5. The Morgan fingerprint density at radius 1 is 1.05 bits per heavy atom. The number of fused-ring (bicyclic) bond motifs is 3. The number of halogens is 2. The van der Waals surface area contributed by atoms with Crippen LogP contribution in [0.4, 0.5) is 14.7 Å². The molecule has 2 N–H and O–H groups in total. The molecule has 2 saturated carbocycles. The fraction of sp³-hybridized carbons (Fsp3) is 0.593. The summed E-state index contributed by atoms with van der Waals surface area (Å²) in [5.74, 6) is -2.37. The van der Waals surface area contributed by atoms with Crippen molar-refractivity contribution in [3.63, 3.8) is 0 Å². The van der Waals surface area contributed by atoms with Gasteiger partial charge in [-0.2, -0.15) is 4.98 Å². The fourth-order valence-corrected chi connectivity index (χ4v) is 6.01. The Morgan fingerprint density at radius 2 is 1.78 bits per heavy atom. The highest BCUT2D eigenvalue weighted by molar-refractivity contribution is 6.04. The molecule has 198 valence electrons. The number of aromatic nitrogens is 3. The summed E-state index contributed by atoms with van der Waals surface area (Å²) >= 11 is 0. The number of aliphatic hydroxyl groups excluding tert-OH is 1. The summed E-state index contributed by atoms with van der Waals surface area (Å²) in [4.78, 5) is 27.9. The molecule has 10 heteroatoms. The molecule has 0 atom stereocenters. The van der Waals surface area contributed by atoms with E-state index in [1.165, 1.54) is 0 Å². The summed E-state index contributed by atoms with van der Waals surface area (Å²) in [7, 11) is 2.13. The van der Waals surface area contributed by atoms with Crippen molar-refractivity contribution in [2.75, 3.05) is 38.5 Å². The smallest absolute Gasteiger partial charge is 0.260 e. The van der Waals surface area contributed by atoms with Crippen LogP contribution in [0, 0.1) is 0 Å². The minimum Gasteiger partial charge on any atom is -0.393 e. The molecule has 0 radical (unpaired) electrons. The molecule has 3 aromatic rings. The van der Waals surface area contributed by atoms with Gasteiger partial charge in [0.15, 0.2) is 0 Å². The molecule has 2 aromatic heterocycles. The molecule has 0 spiro atoms. The maximum absolute atomic E-state index is 14.0. The highest BCUT2D eigenvalue weighted by Gasteiger charge is 2.45. The Morgan fingerprint density at radius 3 is 2.49 bits per heavy atom. The van der Waals surface area contributed by atoms with Gasteiger partial charge >= 0.3 is 0 Å². The quantitative estimate of drug-likeness (QED) is 0.507. The van der Waals surface area contributed by atoms with Crippen molar-refractivity contribution < 1.29 is 13.9 Å². The van der Waals surface area contributed by atoms with Crippen LogP contribution in [0.5, 0.6) is 0 Å². The van der Waals surface area contributed by atoms with Gasteiger partial charge in [0.1, 0.15) is 5.65 Å². The number of nitrogens with one attached hydrogen (secondary N) is 1. The number of pyridine rings is 1. The minimum absolute atomic E-state index is 0.0835. The van der Waals surface area contributed by atoms with Crippen LogP contribution in [-0.4, -0.2) is 80.7 Å². The molecule has 8 nitrogen and oxygen atoms in total. The van der Waals surface area contributed by atoms with Crippen molar-refractivity contribution in [2.24, 2.45) is 0 Å². The van der Waals surface area contributed by atoms with Gasteiger partial charge in [0, 0.05) is 74.6 Å². The van der Waals surface area contributed by atoms with Crippen LogP contribution >= 0.6 is 0 Å². The molecule has 2 aliphatic carbocycles. The first-order valence-corrected chi connectivity index (χ1v) is 13.3. The van der Waals surface area contributed by atoms with Crippen molar-refractivity contribution in [1.82, 2.24) is 24.3 Å². The summed E-state index contributed by atoms with van der Waals surface area (Å²) in [5.41, 5.74) is 1.53. The predicted molar refractivity (Wildman–Crippen MR) is 139 cm³/mol. The zero-order valence-corrected chi connectivity index (χ0v) is 21.2. The summed E-state index contributed by atoms with van der Waals surface area (Å²) in [6, 6.07) is 5.60. The molecule has 3 heterocycles. The van der Waals surface area contributed by atoms with E-state index in [2.05, 4.69) is 33.2 Å². The minimum atomic E-state index is -2.64. The van der Waals surface area contributed by atoms with Crippen molar-refractivity contribution in [1.29, 1.82) is 0 Å². The number of piperazine rings is 1. The maximum Gasteiger partial charge on any atom is 0.260 e. The van der Waals surface area contributed by atoms with Crippen molar-refractivity contribution >= 4 is 27.8 Å². The molecule has 1 saturated heterocycles. The largest absolute Gasteiger partial charge is 0.393 e. The van der Waals surface area contributed by atoms with Gasteiger partial charge in [-0.05, 0) is 49.7 Å². The zero-order chi connectivity index (χ0) is 25.7. The van der Waals surface area contributed by atoms with Crippen molar-refractivity contribution in [3.8, 4) is 0 Å².